The van der Waals surface area contributed by atoms with Crippen molar-refractivity contribution in [3.05, 3.63) is 56.2 Å². The molecule has 1 atom stereocenters. The molecule has 0 aliphatic carbocycles. The van der Waals surface area contributed by atoms with E-state index in [0.29, 0.717) is 12.1 Å². The number of rotatable bonds is 3. The maximum absolute atomic E-state index is 11.7. The Morgan fingerprint density at radius 1 is 1.40 bits per heavy atom. The molecule has 1 aromatic carbocycles. The molecule has 0 fully saturated rings. The van der Waals surface area contributed by atoms with Gasteiger partial charge in [-0.3, -0.25) is 4.57 Å². The molecule has 3 rings (SSSR count). The van der Waals surface area contributed by atoms with E-state index in [9.17, 15) is 4.79 Å². The third kappa shape index (κ3) is 2.09. The lowest BCUT2D eigenvalue weighted by Crippen LogP contribution is -2.11. The number of hydrogen-bond donors (Lipinski definition) is 0. The van der Waals surface area contributed by atoms with E-state index in [2.05, 4.69) is 10.8 Å². The molecule has 2 heterocycles. The largest absolute Gasteiger partial charge is 0.419 e. The molecule has 0 spiro atoms. The van der Waals surface area contributed by atoms with E-state index in [1.165, 1.54) is 5.56 Å². The molecule has 0 radical (unpaired) electrons. The van der Waals surface area contributed by atoms with Crippen molar-refractivity contribution in [1.29, 1.82) is 0 Å². The number of aryl methyl sites for hydroxylation is 2. The van der Waals surface area contributed by atoms with Gasteiger partial charge in [0.2, 0.25) is 0 Å². The van der Waals surface area contributed by atoms with E-state index in [4.69, 9.17) is 16.0 Å². The lowest BCUT2D eigenvalue weighted by Gasteiger charge is -2.09. The van der Waals surface area contributed by atoms with Gasteiger partial charge in [0.1, 0.15) is 0 Å². The Hall–Kier alpha value is -1.52. The summed E-state index contributed by atoms with van der Waals surface area (Å²) in [5.74, 6) is -0.322. The van der Waals surface area contributed by atoms with Gasteiger partial charge in [0.15, 0.2) is 5.58 Å². The minimum Gasteiger partial charge on any atom is -0.408 e. The third-order valence-electron chi connectivity index (χ3n) is 3.47. The van der Waals surface area contributed by atoms with E-state index in [1.54, 1.807) is 15.9 Å². The van der Waals surface area contributed by atoms with Crippen LogP contribution in [-0.4, -0.2) is 4.57 Å². The lowest BCUT2D eigenvalue weighted by atomic mass is 10.0. The smallest absolute Gasteiger partial charge is 0.408 e. The van der Waals surface area contributed by atoms with Crippen LogP contribution in [0.4, 0.5) is 0 Å². The molecule has 5 heteroatoms. The Kier molecular flexibility index (Phi) is 3.44. The van der Waals surface area contributed by atoms with Gasteiger partial charge < -0.3 is 4.42 Å². The molecule has 0 bridgehead atoms. The van der Waals surface area contributed by atoms with Crippen molar-refractivity contribution in [1.82, 2.24) is 4.57 Å². The van der Waals surface area contributed by atoms with Gasteiger partial charge in [-0.25, -0.2) is 4.79 Å². The summed E-state index contributed by atoms with van der Waals surface area (Å²) in [6.45, 7) is 4.57. The van der Waals surface area contributed by atoms with Crippen LogP contribution in [0.1, 0.15) is 29.0 Å². The van der Waals surface area contributed by atoms with Crippen molar-refractivity contribution in [3.8, 4) is 0 Å². The average Bonchev–Trinajstić information content (AvgIpc) is 2.99. The summed E-state index contributed by atoms with van der Waals surface area (Å²) in [5.41, 5.74) is 4.63. The van der Waals surface area contributed by atoms with Gasteiger partial charge in [-0.15, -0.1) is 11.6 Å². The second kappa shape index (κ2) is 5.11. The summed E-state index contributed by atoms with van der Waals surface area (Å²) in [4.78, 5) is 11.7. The zero-order valence-electron chi connectivity index (χ0n) is 11.2. The van der Waals surface area contributed by atoms with Crippen molar-refractivity contribution in [2.24, 2.45) is 0 Å². The Morgan fingerprint density at radius 3 is 2.85 bits per heavy atom. The highest BCUT2D eigenvalue weighted by molar-refractivity contribution is 7.08. The van der Waals surface area contributed by atoms with Crippen LogP contribution in [0.25, 0.3) is 11.1 Å². The standard InChI is InChI=1S/C15H14ClNO2S/c1-3-17-12-5-4-10(6-13(12)19-15(17)18)14(16)11-8-20-7-9(11)2/h4-8,14H,3H2,1-2H3. The predicted octanol–water partition coefficient (Wildman–Crippen LogP) is 4.31. The van der Waals surface area contributed by atoms with Crippen molar-refractivity contribution < 1.29 is 4.42 Å². The summed E-state index contributed by atoms with van der Waals surface area (Å²) in [7, 11) is 0. The number of hydrogen-bond acceptors (Lipinski definition) is 3. The van der Waals surface area contributed by atoms with Crippen LogP contribution in [0.15, 0.2) is 38.2 Å². The molecule has 3 aromatic rings. The fourth-order valence-corrected chi connectivity index (χ4v) is 3.67. The number of halogens is 1. The minimum absolute atomic E-state index is 0.221. The molecule has 0 saturated heterocycles. The maximum Gasteiger partial charge on any atom is 0.419 e. The van der Waals surface area contributed by atoms with Gasteiger partial charge in [0, 0.05) is 6.54 Å². The normalized spacial score (nSPS) is 12.9. The third-order valence-corrected chi connectivity index (χ3v) is 4.84. The number of benzene rings is 1. The summed E-state index contributed by atoms with van der Waals surface area (Å²) in [6.07, 6.45) is 0. The first kappa shape index (κ1) is 13.5. The summed E-state index contributed by atoms with van der Waals surface area (Å²) >= 11 is 8.18. The molecule has 104 valence electrons. The van der Waals surface area contributed by atoms with E-state index >= 15 is 0 Å². The van der Waals surface area contributed by atoms with Crippen molar-refractivity contribution in [2.75, 3.05) is 0 Å². The highest BCUT2D eigenvalue weighted by atomic mass is 35.5. The Bertz CT molecular complexity index is 815. The quantitative estimate of drug-likeness (QED) is 0.676. The van der Waals surface area contributed by atoms with Crippen molar-refractivity contribution in [2.45, 2.75) is 25.8 Å². The number of aromatic nitrogens is 1. The van der Waals surface area contributed by atoms with Crippen LogP contribution in [-0.2, 0) is 6.54 Å². The molecule has 20 heavy (non-hydrogen) atoms. The first-order chi connectivity index (χ1) is 9.61. The van der Waals surface area contributed by atoms with E-state index in [-0.39, 0.29) is 11.1 Å². The van der Waals surface area contributed by atoms with Gasteiger partial charge in [0.05, 0.1) is 10.9 Å². The van der Waals surface area contributed by atoms with Crippen LogP contribution in [0.2, 0.25) is 0 Å². The number of oxazole rings is 1. The summed E-state index contributed by atoms with van der Waals surface area (Å²) in [6, 6.07) is 5.71. The Balaban J connectivity index is 2.10. The van der Waals surface area contributed by atoms with Crippen molar-refractivity contribution in [3.63, 3.8) is 0 Å². The summed E-state index contributed by atoms with van der Waals surface area (Å²) in [5, 5.41) is 3.92. The molecule has 0 saturated carbocycles. The van der Waals surface area contributed by atoms with Gasteiger partial charge >= 0.3 is 5.76 Å². The topological polar surface area (TPSA) is 35.1 Å². The highest BCUT2D eigenvalue weighted by Crippen LogP contribution is 2.34. The fraction of sp³-hybridized carbons (Fsp3) is 0.267. The zero-order valence-corrected chi connectivity index (χ0v) is 12.8. The van der Waals surface area contributed by atoms with E-state index in [1.807, 2.05) is 32.0 Å². The highest BCUT2D eigenvalue weighted by Gasteiger charge is 2.16. The molecule has 1 unspecified atom stereocenters. The SMILES string of the molecule is CCn1c(=O)oc2cc(C(Cl)c3cscc3C)ccc21. The molecule has 0 aliphatic heterocycles. The van der Waals surface area contributed by atoms with Crippen molar-refractivity contribution >= 4 is 34.0 Å². The van der Waals surface area contributed by atoms with Crippen LogP contribution in [0, 0.1) is 6.92 Å². The fourth-order valence-electron chi connectivity index (χ4n) is 2.35. The van der Waals surface area contributed by atoms with Crippen LogP contribution >= 0.6 is 22.9 Å². The van der Waals surface area contributed by atoms with Gasteiger partial charge in [0.25, 0.3) is 0 Å². The van der Waals surface area contributed by atoms with Crippen LogP contribution in [0.3, 0.4) is 0 Å². The molecule has 0 amide bonds. The number of thiophene rings is 1. The zero-order chi connectivity index (χ0) is 14.3. The van der Waals surface area contributed by atoms with E-state index in [0.717, 1.165) is 16.6 Å². The van der Waals surface area contributed by atoms with Crippen LogP contribution < -0.4 is 5.76 Å². The number of nitrogens with zero attached hydrogens (tertiary/aromatic N) is 1. The Morgan fingerprint density at radius 2 is 2.20 bits per heavy atom. The molecular weight excluding hydrogens is 294 g/mol. The van der Waals surface area contributed by atoms with Crippen LogP contribution in [0.5, 0.6) is 0 Å². The van der Waals surface area contributed by atoms with Gasteiger partial charge in [-0.1, -0.05) is 6.07 Å². The second-order valence-corrected chi connectivity index (χ2v) is 5.89. The second-order valence-electron chi connectivity index (χ2n) is 4.71. The predicted molar refractivity (Wildman–Crippen MR) is 82.9 cm³/mol. The number of fused-ring (bicyclic) bond motifs is 1. The maximum atomic E-state index is 11.7. The van der Waals surface area contributed by atoms with Gasteiger partial charge in [-0.05, 0) is 53.4 Å². The summed E-state index contributed by atoms with van der Waals surface area (Å²) < 4.78 is 6.89. The molecule has 2 aromatic heterocycles. The van der Waals surface area contributed by atoms with E-state index < -0.39 is 0 Å². The average molecular weight is 308 g/mol. The minimum atomic E-state index is -0.322. The lowest BCUT2D eigenvalue weighted by molar-refractivity contribution is 0.513. The monoisotopic (exact) mass is 307 g/mol. The Labute approximate surface area is 125 Å². The molecular formula is C15H14ClNO2S. The molecule has 3 nitrogen and oxygen atoms in total. The number of alkyl halides is 1. The first-order valence-electron chi connectivity index (χ1n) is 6.42. The molecule has 0 N–H and O–H groups in total. The molecule has 0 aliphatic rings. The first-order valence-corrected chi connectivity index (χ1v) is 7.79. The van der Waals surface area contributed by atoms with Gasteiger partial charge in [-0.2, -0.15) is 11.3 Å².